The number of ether oxygens (including phenoxy) is 1. The van der Waals surface area contributed by atoms with E-state index in [1.807, 2.05) is 13.8 Å². The number of halogens is 1. The molecule has 0 aliphatic rings. The molecule has 1 aromatic rings. The highest BCUT2D eigenvalue weighted by Crippen LogP contribution is 2.19. The fourth-order valence-corrected chi connectivity index (χ4v) is 0.947. The Bertz CT molecular complexity index is 284. The van der Waals surface area contributed by atoms with Crippen LogP contribution < -0.4 is 4.74 Å². The summed E-state index contributed by atoms with van der Waals surface area (Å²) in [6.07, 6.45) is -0.0570. The Morgan fingerprint density at radius 3 is 2.62 bits per heavy atom. The molecule has 0 fully saturated rings. The van der Waals surface area contributed by atoms with Crippen molar-refractivity contribution in [1.29, 1.82) is 0 Å². The van der Waals surface area contributed by atoms with Gasteiger partial charge in [-0.2, -0.15) is 0 Å². The van der Waals surface area contributed by atoms with Crippen LogP contribution in [0.25, 0.3) is 0 Å². The van der Waals surface area contributed by atoms with Gasteiger partial charge in [-0.25, -0.2) is 4.39 Å². The molecule has 0 aliphatic carbocycles. The molecular formula is C10H12FO2. The highest BCUT2D eigenvalue weighted by Gasteiger charge is 2.05. The second-order valence-electron chi connectivity index (χ2n) is 2.99. The topological polar surface area (TPSA) is 29.5 Å². The van der Waals surface area contributed by atoms with Crippen LogP contribution in [0.3, 0.4) is 0 Å². The fraction of sp³-hybridized carbons (Fsp3) is 0.300. The summed E-state index contributed by atoms with van der Waals surface area (Å²) in [6.45, 7) is 4.50. The van der Waals surface area contributed by atoms with Crippen molar-refractivity contribution in [2.24, 2.45) is 0 Å². The standard InChI is InChI=1S/C10H12FO2/c1-7(2)13-10-4-3-8(6-12)5-9(10)11/h3-7,12H,1-2H3. The molecule has 0 unspecified atom stereocenters. The highest BCUT2D eigenvalue weighted by atomic mass is 19.1. The molecule has 0 atom stereocenters. The summed E-state index contributed by atoms with van der Waals surface area (Å²) in [6, 6.07) is 4.30. The van der Waals surface area contributed by atoms with E-state index in [2.05, 4.69) is 0 Å². The van der Waals surface area contributed by atoms with Gasteiger partial charge in [-0.05, 0) is 31.5 Å². The molecule has 0 bridgehead atoms. The minimum Gasteiger partial charge on any atom is -0.488 e. The zero-order valence-electron chi connectivity index (χ0n) is 7.62. The van der Waals surface area contributed by atoms with Gasteiger partial charge in [0.1, 0.15) is 6.61 Å². The average molecular weight is 183 g/mol. The van der Waals surface area contributed by atoms with Gasteiger partial charge in [0.15, 0.2) is 11.6 Å². The second kappa shape index (κ2) is 4.23. The summed E-state index contributed by atoms with van der Waals surface area (Å²) in [7, 11) is 0. The fourth-order valence-electron chi connectivity index (χ4n) is 0.947. The van der Waals surface area contributed by atoms with Gasteiger partial charge in [-0.3, -0.25) is 0 Å². The van der Waals surface area contributed by atoms with Crippen LogP contribution in [0.2, 0.25) is 0 Å². The summed E-state index contributed by atoms with van der Waals surface area (Å²) in [5, 5.41) is 8.60. The Labute approximate surface area is 77.0 Å². The van der Waals surface area contributed by atoms with Crippen molar-refractivity contribution in [3.05, 3.63) is 36.2 Å². The quantitative estimate of drug-likeness (QED) is 0.780. The molecule has 71 valence electrons. The Hall–Kier alpha value is -1.09. The minimum atomic E-state index is -0.462. The number of benzene rings is 1. The zero-order chi connectivity index (χ0) is 9.84. The molecule has 1 radical (unpaired) electrons. The molecule has 3 heteroatoms. The van der Waals surface area contributed by atoms with E-state index in [1.54, 1.807) is 6.07 Å². The van der Waals surface area contributed by atoms with Gasteiger partial charge in [-0.1, -0.05) is 6.07 Å². The van der Waals surface area contributed by atoms with Crippen LogP contribution in [-0.2, 0) is 0 Å². The molecule has 0 aliphatic heterocycles. The number of hydrogen-bond acceptors (Lipinski definition) is 2. The molecule has 1 N–H and O–H groups in total. The van der Waals surface area contributed by atoms with Gasteiger partial charge < -0.3 is 9.84 Å². The highest BCUT2D eigenvalue weighted by molar-refractivity contribution is 5.31. The third-order valence-electron chi connectivity index (χ3n) is 1.47. The van der Waals surface area contributed by atoms with Crippen molar-refractivity contribution in [3.8, 4) is 5.75 Å². The predicted octanol–water partition coefficient (Wildman–Crippen LogP) is 2.50. The molecule has 1 aromatic carbocycles. The minimum absolute atomic E-state index is 0.0570. The first kappa shape index (κ1) is 9.99. The summed E-state index contributed by atoms with van der Waals surface area (Å²) < 4.78 is 18.3. The van der Waals surface area contributed by atoms with Gasteiger partial charge in [0.25, 0.3) is 0 Å². The monoisotopic (exact) mass is 183 g/mol. The smallest absolute Gasteiger partial charge is 0.165 e. The van der Waals surface area contributed by atoms with E-state index in [1.165, 1.54) is 12.1 Å². The Morgan fingerprint density at radius 1 is 1.46 bits per heavy atom. The van der Waals surface area contributed by atoms with Crippen LogP contribution in [0.4, 0.5) is 4.39 Å². The summed E-state index contributed by atoms with van der Waals surface area (Å²) in [4.78, 5) is 0. The maximum absolute atomic E-state index is 13.1. The molecule has 13 heavy (non-hydrogen) atoms. The first-order valence-corrected chi connectivity index (χ1v) is 4.07. The number of aliphatic hydroxyl groups excluding tert-OH is 1. The van der Waals surface area contributed by atoms with E-state index in [0.717, 1.165) is 6.61 Å². The lowest BCUT2D eigenvalue weighted by Gasteiger charge is -2.10. The predicted molar refractivity (Wildman–Crippen MR) is 47.5 cm³/mol. The second-order valence-corrected chi connectivity index (χ2v) is 2.99. The van der Waals surface area contributed by atoms with Gasteiger partial charge >= 0.3 is 0 Å². The lowest BCUT2D eigenvalue weighted by Crippen LogP contribution is -2.06. The van der Waals surface area contributed by atoms with E-state index >= 15 is 0 Å². The molecule has 0 aromatic heterocycles. The van der Waals surface area contributed by atoms with Gasteiger partial charge in [-0.15, -0.1) is 0 Å². The van der Waals surface area contributed by atoms with E-state index in [9.17, 15) is 4.39 Å². The van der Waals surface area contributed by atoms with Crippen molar-refractivity contribution < 1.29 is 14.2 Å². The SMILES string of the molecule is CC(C)Oc1ccc([CH]O)cc1F. The molecule has 0 saturated carbocycles. The normalized spacial score (nSPS) is 10.5. The van der Waals surface area contributed by atoms with E-state index in [-0.39, 0.29) is 11.9 Å². The third-order valence-corrected chi connectivity index (χ3v) is 1.47. The van der Waals surface area contributed by atoms with E-state index in [0.29, 0.717) is 5.56 Å². The van der Waals surface area contributed by atoms with Crippen LogP contribution >= 0.6 is 0 Å². The van der Waals surface area contributed by atoms with Crippen molar-refractivity contribution in [2.75, 3.05) is 0 Å². The molecule has 0 saturated heterocycles. The van der Waals surface area contributed by atoms with Crippen LogP contribution in [0, 0.1) is 12.4 Å². The first-order chi connectivity index (χ1) is 6.13. The largest absolute Gasteiger partial charge is 0.488 e. The van der Waals surface area contributed by atoms with Crippen molar-refractivity contribution in [3.63, 3.8) is 0 Å². The molecular weight excluding hydrogens is 171 g/mol. The molecule has 0 spiro atoms. The molecule has 0 heterocycles. The van der Waals surface area contributed by atoms with Crippen LogP contribution in [-0.4, -0.2) is 11.2 Å². The average Bonchev–Trinajstić information content (AvgIpc) is 2.08. The van der Waals surface area contributed by atoms with Crippen LogP contribution in [0.1, 0.15) is 19.4 Å². The number of hydrogen-bond donors (Lipinski definition) is 1. The lowest BCUT2D eigenvalue weighted by molar-refractivity contribution is 0.231. The number of rotatable bonds is 3. The van der Waals surface area contributed by atoms with E-state index in [4.69, 9.17) is 9.84 Å². The third kappa shape index (κ3) is 2.70. The lowest BCUT2D eigenvalue weighted by atomic mass is 10.2. The van der Waals surface area contributed by atoms with E-state index < -0.39 is 5.82 Å². The Morgan fingerprint density at radius 2 is 2.15 bits per heavy atom. The van der Waals surface area contributed by atoms with Gasteiger partial charge in [0.2, 0.25) is 0 Å². The van der Waals surface area contributed by atoms with Crippen LogP contribution in [0.15, 0.2) is 18.2 Å². The van der Waals surface area contributed by atoms with Crippen molar-refractivity contribution in [1.82, 2.24) is 0 Å². The van der Waals surface area contributed by atoms with Gasteiger partial charge in [0, 0.05) is 0 Å². The molecule has 0 amide bonds. The maximum Gasteiger partial charge on any atom is 0.165 e. The van der Waals surface area contributed by atoms with Crippen molar-refractivity contribution in [2.45, 2.75) is 20.0 Å². The van der Waals surface area contributed by atoms with Crippen molar-refractivity contribution >= 4 is 0 Å². The van der Waals surface area contributed by atoms with Crippen LogP contribution in [0.5, 0.6) is 5.75 Å². The Balaban J connectivity index is 2.85. The number of aliphatic hydroxyl groups is 1. The maximum atomic E-state index is 13.1. The summed E-state index contributed by atoms with van der Waals surface area (Å²) in [5.74, 6) is -0.253. The summed E-state index contributed by atoms with van der Waals surface area (Å²) >= 11 is 0. The summed E-state index contributed by atoms with van der Waals surface area (Å²) in [5.41, 5.74) is 0.425. The Kier molecular flexibility index (Phi) is 3.25. The zero-order valence-corrected chi connectivity index (χ0v) is 7.62. The van der Waals surface area contributed by atoms with Gasteiger partial charge in [0.05, 0.1) is 6.10 Å². The molecule has 2 nitrogen and oxygen atoms in total. The molecule has 1 rings (SSSR count). The first-order valence-electron chi connectivity index (χ1n) is 4.07.